The summed E-state index contributed by atoms with van der Waals surface area (Å²) >= 11 is 11.7. The zero-order chi connectivity index (χ0) is 25.7. The molecule has 36 heavy (non-hydrogen) atoms. The lowest BCUT2D eigenvalue weighted by Gasteiger charge is -2.34. The molecule has 2 aliphatic heterocycles. The molecule has 1 N–H and O–H groups in total. The maximum atomic E-state index is 13.6. The molecule has 7 nitrogen and oxygen atoms in total. The Morgan fingerprint density at radius 1 is 1.00 bits per heavy atom. The number of likely N-dealkylation sites (N-methyl/N-ethyl adjacent to an activating group) is 1. The summed E-state index contributed by atoms with van der Waals surface area (Å²) in [5, 5.41) is 3.94. The van der Waals surface area contributed by atoms with Gasteiger partial charge < -0.3 is 20.0 Å². The van der Waals surface area contributed by atoms with Crippen LogP contribution in [0.3, 0.4) is 0 Å². The van der Waals surface area contributed by atoms with Gasteiger partial charge in [-0.3, -0.25) is 14.5 Å². The molecule has 2 amide bonds. The fourth-order valence-corrected chi connectivity index (χ4v) is 5.27. The molecular formula is C27H34ClN5O2S. The van der Waals surface area contributed by atoms with Gasteiger partial charge in [0, 0.05) is 43.4 Å². The summed E-state index contributed by atoms with van der Waals surface area (Å²) in [6.45, 7) is 11.1. The number of carbonyl (C=O) groups excluding carboxylic acids is 2. The molecule has 192 valence electrons. The van der Waals surface area contributed by atoms with Crippen LogP contribution in [0.2, 0.25) is 5.02 Å². The van der Waals surface area contributed by atoms with Crippen molar-refractivity contribution in [1.82, 2.24) is 14.7 Å². The molecule has 2 aliphatic rings. The van der Waals surface area contributed by atoms with Crippen LogP contribution in [-0.4, -0.2) is 83.5 Å². The van der Waals surface area contributed by atoms with Gasteiger partial charge in [0.25, 0.3) is 5.91 Å². The standard InChI is InChI=1S/C27H34ClN5O2S/c1-3-30-15-17-31(18-16-30)13-4-14-32-24(19-25(34)29-22-9-7-21(28)8-10-22)26(35)33(27(32)36)23-11-5-20(2)6-12-23/h5-12,24H,3-4,13-19H2,1-2H3,(H,29,34). The highest BCUT2D eigenvalue weighted by Crippen LogP contribution is 2.28. The van der Waals surface area contributed by atoms with Crippen molar-refractivity contribution in [3.63, 3.8) is 0 Å². The maximum absolute atomic E-state index is 13.6. The van der Waals surface area contributed by atoms with Gasteiger partial charge in [0.2, 0.25) is 5.91 Å². The predicted octanol–water partition coefficient (Wildman–Crippen LogP) is 4.01. The summed E-state index contributed by atoms with van der Waals surface area (Å²) in [4.78, 5) is 34.9. The summed E-state index contributed by atoms with van der Waals surface area (Å²) in [6, 6.07) is 14.0. The lowest BCUT2D eigenvalue weighted by molar-refractivity contribution is -0.124. The van der Waals surface area contributed by atoms with E-state index in [9.17, 15) is 9.59 Å². The topological polar surface area (TPSA) is 59.1 Å². The van der Waals surface area contributed by atoms with Crippen LogP contribution < -0.4 is 10.2 Å². The average Bonchev–Trinajstić information content (AvgIpc) is 3.10. The zero-order valence-corrected chi connectivity index (χ0v) is 22.5. The van der Waals surface area contributed by atoms with Crippen LogP contribution in [0, 0.1) is 6.92 Å². The van der Waals surface area contributed by atoms with E-state index in [-0.39, 0.29) is 18.2 Å². The van der Waals surface area contributed by atoms with Crippen molar-refractivity contribution in [2.45, 2.75) is 32.7 Å². The van der Waals surface area contributed by atoms with Gasteiger partial charge in [-0.2, -0.15) is 0 Å². The molecule has 0 aromatic heterocycles. The van der Waals surface area contributed by atoms with E-state index >= 15 is 0 Å². The van der Waals surface area contributed by atoms with Crippen molar-refractivity contribution in [2.24, 2.45) is 0 Å². The number of carbonyl (C=O) groups is 2. The SMILES string of the molecule is CCN1CCN(CCCN2C(=S)N(c3ccc(C)cc3)C(=O)C2CC(=O)Nc2ccc(Cl)cc2)CC1. The van der Waals surface area contributed by atoms with Crippen molar-refractivity contribution in [3.05, 3.63) is 59.1 Å². The molecule has 2 heterocycles. The minimum absolute atomic E-state index is 0.0269. The third kappa shape index (κ3) is 6.42. The van der Waals surface area contributed by atoms with Crippen LogP contribution in [0.5, 0.6) is 0 Å². The number of nitrogens with one attached hydrogen (secondary N) is 1. The number of aryl methyl sites for hydroxylation is 1. The number of anilines is 2. The number of halogens is 1. The second-order valence-electron chi connectivity index (χ2n) is 9.39. The molecule has 4 rings (SSSR count). The van der Waals surface area contributed by atoms with E-state index in [2.05, 4.69) is 22.0 Å². The van der Waals surface area contributed by atoms with E-state index in [1.54, 1.807) is 29.2 Å². The zero-order valence-electron chi connectivity index (χ0n) is 21.0. The number of rotatable bonds is 9. The molecule has 1 unspecified atom stereocenters. The summed E-state index contributed by atoms with van der Waals surface area (Å²) in [7, 11) is 0. The second kappa shape index (κ2) is 12.1. The Morgan fingerprint density at radius 3 is 2.28 bits per heavy atom. The number of hydrogen-bond donors (Lipinski definition) is 1. The summed E-state index contributed by atoms with van der Waals surface area (Å²) in [6.07, 6.45) is 0.899. The second-order valence-corrected chi connectivity index (χ2v) is 10.2. The lowest BCUT2D eigenvalue weighted by atomic mass is 10.1. The monoisotopic (exact) mass is 527 g/mol. The van der Waals surface area contributed by atoms with Gasteiger partial charge in [-0.1, -0.05) is 36.2 Å². The minimum atomic E-state index is -0.636. The van der Waals surface area contributed by atoms with Gasteiger partial charge in [-0.25, -0.2) is 0 Å². The summed E-state index contributed by atoms with van der Waals surface area (Å²) in [5.74, 6) is -0.392. The summed E-state index contributed by atoms with van der Waals surface area (Å²) in [5.41, 5.74) is 2.48. The quantitative estimate of drug-likeness (QED) is 0.497. The molecule has 2 aromatic rings. The fourth-order valence-electron chi connectivity index (χ4n) is 4.73. The molecule has 0 bridgehead atoms. The Bertz CT molecular complexity index is 1070. The number of thiocarbonyl (C=S) groups is 1. The minimum Gasteiger partial charge on any atom is -0.336 e. The van der Waals surface area contributed by atoms with Gasteiger partial charge in [0.15, 0.2) is 5.11 Å². The highest BCUT2D eigenvalue weighted by Gasteiger charge is 2.43. The van der Waals surface area contributed by atoms with Crippen molar-refractivity contribution in [1.29, 1.82) is 0 Å². The number of hydrogen-bond acceptors (Lipinski definition) is 5. The van der Waals surface area contributed by atoms with Crippen LogP contribution in [0.4, 0.5) is 11.4 Å². The normalized spacial score (nSPS) is 19.2. The highest BCUT2D eigenvalue weighted by atomic mass is 35.5. The lowest BCUT2D eigenvalue weighted by Crippen LogP contribution is -2.47. The molecule has 1 atom stereocenters. The first kappa shape index (κ1) is 26.5. The maximum Gasteiger partial charge on any atom is 0.256 e. The van der Waals surface area contributed by atoms with Crippen molar-refractivity contribution >= 4 is 52.1 Å². The van der Waals surface area contributed by atoms with E-state index < -0.39 is 6.04 Å². The Labute approximate surface area is 224 Å². The van der Waals surface area contributed by atoms with Crippen molar-refractivity contribution in [3.8, 4) is 0 Å². The number of benzene rings is 2. The molecule has 2 saturated heterocycles. The molecular weight excluding hydrogens is 494 g/mol. The molecule has 2 fully saturated rings. The smallest absolute Gasteiger partial charge is 0.256 e. The molecule has 0 spiro atoms. The Morgan fingerprint density at radius 2 is 1.64 bits per heavy atom. The van der Waals surface area contributed by atoms with Crippen LogP contribution in [0.1, 0.15) is 25.3 Å². The Hall–Kier alpha value is -2.52. The van der Waals surface area contributed by atoms with Crippen LogP contribution in [-0.2, 0) is 9.59 Å². The molecule has 0 radical (unpaired) electrons. The van der Waals surface area contributed by atoms with E-state index in [0.29, 0.717) is 22.4 Å². The van der Waals surface area contributed by atoms with E-state index in [1.165, 1.54) is 0 Å². The first-order chi connectivity index (χ1) is 17.4. The summed E-state index contributed by atoms with van der Waals surface area (Å²) < 4.78 is 0. The molecule has 9 heteroatoms. The van der Waals surface area contributed by atoms with Crippen LogP contribution >= 0.6 is 23.8 Å². The number of amides is 2. The number of nitrogens with zero attached hydrogens (tertiary/aromatic N) is 4. The van der Waals surface area contributed by atoms with Crippen LogP contribution in [0.15, 0.2) is 48.5 Å². The third-order valence-corrected chi connectivity index (χ3v) is 7.57. The number of piperazine rings is 1. The van der Waals surface area contributed by atoms with E-state index in [4.69, 9.17) is 23.8 Å². The van der Waals surface area contributed by atoms with Gasteiger partial charge in [0.05, 0.1) is 12.1 Å². The Balaban J connectivity index is 1.44. The molecule has 2 aromatic carbocycles. The Kier molecular flexibility index (Phi) is 8.95. The highest BCUT2D eigenvalue weighted by molar-refractivity contribution is 7.80. The predicted molar refractivity (Wildman–Crippen MR) is 150 cm³/mol. The van der Waals surface area contributed by atoms with Crippen molar-refractivity contribution in [2.75, 3.05) is 56.0 Å². The average molecular weight is 528 g/mol. The van der Waals surface area contributed by atoms with Gasteiger partial charge >= 0.3 is 0 Å². The fraction of sp³-hybridized carbons (Fsp3) is 0.444. The largest absolute Gasteiger partial charge is 0.336 e. The van der Waals surface area contributed by atoms with Gasteiger partial charge in [-0.05, 0) is 75.1 Å². The molecule has 0 aliphatic carbocycles. The molecule has 0 saturated carbocycles. The van der Waals surface area contributed by atoms with E-state index in [0.717, 1.165) is 56.9 Å². The van der Waals surface area contributed by atoms with Gasteiger partial charge in [0.1, 0.15) is 6.04 Å². The van der Waals surface area contributed by atoms with Crippen molar-refractivity contribution < 1.29 is 9.59 Å². The van der Waals surface area contributed by atoms with E-state index in [1.807, 2.05) is 36.1 Å². The van der Waals surface area contributed by atoms with Crippen LogP contribution in [0.25, 0.3) is 0 Å². The third-order valence-electron chi connectivity index (χ3n) is 6.90. The first-order valence-electron chi connectivity index (χ1n) is 12.6. The van der Waals surface area contributed by atoms with Gasteiger partial charge in [-0.15, -0.1) is 0 Å². The first-order valence-corrected chi connectivity index (χ1v) is 13.4.